The van der Waals surface area contributed by atoms with E-state index in [2.05, 4.69) is 46.9 Å². The first-order chi connectivity index (χ1) is 35.9. The monoisotopic (exact) mass is 1020 g/mol. The maximum atomic E-state index is 14.9. The number of nitrogens with zero attached hydrogens (tertiary/aromatic N) is 10. The van der Waals surface area contributed by atoms with Crippen LogP contribution in [0.15, 0.2) is 73.2 Å². The number of fused-ring (bicyclic) bond motifs is 2. The van der Waals surface area contributed by atoms with Crippen LogP contribution in [0.2, 0.25) is 0 Å². The molecule has 0 aliphatic carbocycles. The summed E-state index contributed by atoms with van der Waals surface area (Å²) in [5, 5.41) is 28.0. The van der Waals surface area contributed by atoms with Gasteiger partial charge in [0, 0.05) is 108 Å². The summed E-state index contributed by atoms with van der Waals surface area (Å²) in [6, 6.07) is 15.8. The zero-order chi connectivity index (χ0) is 52.2. The van der Waals surface area contributed by atoms with E-state index < -0.39 is 23.1 Å². The molecule has 2 fully saturated rings. The molecule has 4 aromatic heterocycles. The van der Waals surface area contributed by atoms with Crippen LogP contribution in [-0.4, -0.2) is 163 Å². The number of aryl methyl sites for hydroxylation is 1. The maximum Gasteiger partial charge on any atom is 0.322 e. The van der Waals surface area contributed by atoms with Gasteiger partial charge in [0.25, 0.3) is 5.91 Å². The fourth-order valence-electron chi connectivity index (χ4n) is 9.48. The zero-order valence-corrected chi connectivity index (χ0v) is 41.8. The predicted octanol–water partition coefficient (Wildman–Crippen LogP) is 5.01. The third-order valence-corrected chi connectivity index (χ3v) is 13.4. The lowest BCUT2D eigenvalue weighted by Gasteiger charge is -2.46. The topological polar surface area (TPSA) is 217 Å². The molecule has 3 N–H and O–H groups in total. The summed E-state index contributed by atoms with van der Waals surface area (Å²) in [7, 11) is 3.25. The first-order valence-corrected chi connectivity index (χ1v) is 24.7. The lowest BCUT2D eigenvalue weighted by Crippen LogP contribution is -2.62. The van der Waals surface area contributed by atoms with Crippen LogP contribution >= 0.6 is 0 Å². The summed E-state index contributed by atoms with van der Waals surface area (Å²) >= 11 is 0. The summed E-state index contributed by atoms with van der Waals surface area (Å²) < 4.78 is 49.7. The lowest BCUT2D eigenvalue weighted by molar-refractivity contribution is -0.117. The van der Waals surface area contributed by atoms with Crippen LogP contribution in [0.5, 0.6) is 5.75 Å². The Morgan fingerprint density at radius 3 is 2.42 bits per heavy atom. The largest absolute Gasteiger partial charge is 0.492 e. The molecule has 2 aromatic carbocycles. The Morgan fingerprint density at radius 1 is 0.932 bits per heavy atom. The molecule has 2 aliphatic heterocycles. The number of amides is 4. The van der Waals surface area contributed by atoms with Crippen LogP contribution in [0.1, 0.15) is 48.5 Å². The highest BCUT2D eigenvalue weighted by molar-refractivity contribution is 6.03. The molecule has 0 atom stereocenters. The van der Waals surface area contributed by atoms with Gasteiger partial charge in [-0.15, -0.1) is 0 Å². The number of halogens is 2. The molecule has 6 heterocycles. The van der Waals surface area contributed by atoms with E-state index in [1.807, 2.05) is 25.1 Å². The predicted molar refractivity (Wildman–Crippen MR) is 273 cm³/mol. The second-order valence-corrected chi connectivity index (χ2v) is 18.2. The number of aromatic nitrogens is 5. The first kappa shape index (κ1) is 52.7. The first-order valence-electron chi connectivity index (χ1n) is 24.7. The minimum atomic E-state index is -0.789. The number of pyridine rings is 2. The number of hydrogen-bond acceptors (Lipinski definition) is 14. The number of urea groups is 1. The van der Waals surface area contributed by atoms with Crippen LogP contribution in [0.25, 0.3) is 27.5 Å². The molecule has 390 valence electrons. The molecule has 0 bridgehead atoms. The van der Waals surface area contributed by atoms with Crippen LogP contribution in [-0.2, 0) is 26.1 Å². The number of nitriles is 1. The van der Waals surface area contributed by atoms with Gasteiger partial charge in [-0.3, -0.25) is 29.0 Å². The van der Waals surface area contributed by atoms with Gasteiger partial charge in [0.05, 0.1) is 79.5 Å². The van der Waals surface area contributed by atoms with E-state index in [4.69, 9.17) is 19.2 Å². The zero-order valence-electron chi connectivity index (χ0n) is 41.8. The Morgan fingerprint density at radius 2 is 1.70 bits per heavy atom. The van der Waals surface area contributed by atoms with Crippen molar-refractivity contribution in [2.45, 2.75) is 38.1 Å². The van der Waals surface area contributed by atoms with Crippen molar-refractivity contribution in [2.75, 3.05) is 114 Å². The summed E-state index contributed by atoms with van der Waals surface area (Å²) in [6.45, 7) is 9.32. The quantitative estimate of drug-likeness (QED) is 0.0602. The molecular weight excluding hydrogens is 957 g/mol. The van der Waals surface area contributed by atoms with Crippen molar-refractivity contribution in [1.29, 1.82) is 5.26 Å². The second kappa shape index (κ2) is 24.4. The minimum Gasteiger partial charge on any atom is -0.492 e. The van der Waals surface area contributed by atoms with Gasteiger partial charge in [0.2, 0.25) is 5.91 Å². The van der Waals surface area contributed by atoms with E-state index in [9.17, 15) is 33.2 Å². The molecule has 20 nitrogen and oxygen atoms in total. The van der Waals surface area contributed by atoms with Crippen molar-refractivity contribution in [3.8, 4) is 22.9 Å². The Kier molecular flexibility index (Phi) is 17.4. The van der Waals surface area contributed by atoms with Gasteiger partial charge in [-0.2, -0.15) is 15.5 Å². The average Bonchev–Trinajstić information content (AvgIpc) is 3.98. The smallest absolute Gasteiger partial charge is 0.322 e. The fourth-order valence-corrected chi connectivity index (χ4v) is 9.48. The fraction of sp³-hybridized carbons (Fsp3) is 0.423. The summed E-state index contributed by atoms with van der Waals surface area (Å²) in [4.78, 5) is 62.9. The number of benzene rings is 2. The molecule has 2 aliphatic rings. The molecule has 6 aromatic rings. The van der Waals surface area contributed by atoms with E-state index >= 15 is 0 Å². The normalized spacial score (nSPS) is 14.9. The number of anilines is 3. The molecule has 0 saturated carbocycles. The number of hydrogen-bond donors (Lipinski definition) is 3. The van der Waals surface area contributed by atoms with Crippen LogP contribution < -0.4 is 30.5 Å². The lowest BCUT2D eigenvalue weighted by atomic mass is 9.86. The minimum absolute atomic E-state index is 0.139. The van der Waals surface area contributed by atoms with Crippen molar-refractivity contribution >= 4 is 57.9 Å². The summed E-state index contributed by atoms with van der Waals surface area (Å²) in [6.07, 6.45) is 7.16. The van der Waals surface area contributed by atoms with Gasteiger partial charge in [-0.05, 0) is 74.4 Å². The standard InChI is InChI=1S/C52H61F2N13O7/c1-4-74-40-30-42(48-37(31-55)33-58-67(48)34-40)36-6-11-46(57-32-36)65-16-13-52(14-17-65,60-50(70)43-28-38(53)7-10-44(43)54)35-64-20-18-63(19-21-64)22-25-73-27-26-72-24-12-47(69)59-39-8-9-41-45(29-39)62(3)61-49(41)66(15-5-23-68)51(71)56-2/h6-11,23,28-30,32-34H,4-5,12-22,24-27,35H2,1-3H3,(H,56,71)(H,59,69)(H,60,70). The van der Waals surface area contributed by atoms with Gasteiger partial charge < -0.3 is 39.9 Å². The average molecular weight is 1020 g/mol. The van der Waals surface area contributed by atoms with Gasteiger partial charge in [-0.1, -0.05) is 0 Å². The SMILES string of the molecule is CCOc1cc(-c2ccc(N3CCC(CN4CCN(CCOCCOCCC(=O)Nc5ccc6c(N(CCC=O)C(=O)NC)nn(C)c6c5)CC4)(NC(=O)c4cc(F)ccc4F)CC3)nc2)c2c(C#N)cnn2c1. The van der Waals surface area contributed by atoms with E-state index in [0.717, 1.165) is 67.6 Å². The molecule has 74 heavy (non-hydrogen) atoms. The highest BCUT2D eigenvalue weighted by Gasteiger charge is 2.39. The Balaban J connectivity index is 0.782. The van der Waals surface area contributed by atoms with E-state index in [1.54, 1.807) is 46.8 Å². The molecule has 0 radical (unpaired) electrons. The molecule has 2 saturated heterocycles. The number of piperidine rings is 1. The van der Waals surface area contributed by atoms with Crippen molar-refractivity contribution in [2.24, 2.45) is 7.05 Å². The van der Waals surface area contributed by atoms with Gasteiger partial charge in [-0.25, -0.2) is 23.1 Å². The van der Waals surface area contributed by atoms with E-state index in [1.165, 1.54) is 18.1 Å². The highest BCUT2D eigenvalue weighted by atomic mass is 19.1. The van der Waals surface area contributed by atoms with Crippen molar-refractivity contribution < 1.29 is 42.2 Å². The number of aldehydes is 1. The third-order valence-electron chi connectivity index (χ3n) is 13.4. The Hall–Kier alpha value is -7.58. The maximum absolute atomic E-state index is 14.9. The van der Waals surface area contributed by atoms with E-state index in [-0.39, 0.29) is 43.5 Å². The number of carbonyl (C=O) groups is 4. The van der Waals surface area contributed by atoms with Crippen molar-refractivity contribution in [1.82, 2.24) is 44.8 Å². The molecule has 4 amide bonds. The van der Waals surface area contributed by atoms with Crippen LogP contribution in [0.4, 0.5) is 30.9 Å². The summed E-state index contributed by atoms with van der Waals surface area (Å²) in [5.74, 6) is -0.586. The van der Waals surface area contributed by atoms with Gasteiger partial charge >= 0.3 is 6.03 Å². The molecule has 22 heteroatoms. The van der Waals surface area contributed by atoms with E-state index in [0.29, 0.717) is 105 Å². The number of piperazine rings is 1. The number of ether oxygens (including phenoxy) is 3. The molecule has 8 rings (SSSR count). The molecule has 0 unspecified atom stereocenters. The van der Waals surface area contributed by atoms with Crippen molar-refractivity contribution in [3.05, 3.63) is 95.9 Å². The summed E-state index contributed by atoms with van der Waals surface area (Å²) in [5.41, 5.74) is 2.86. The Labute approximate surface area is 427 Å². The second-order valence-electron chi connectivity index (χ2n) is 18.2. The van der Waals surface area contributed by atoms with Gasteiger partial charge in [0.1, 0.15) is 35.6 Å². The molecular formula is C52H61F2N13O7. The number of rotatable bonds is 22. The van der Waals surface area contributed by atoms with Gasteiger partial charge in [0.15, 0.2) is 5.82 Å². The third kappa shape index (κ3) is 12.6. The van der Waals surface area contributed by atoms with Crippen LogP contribution in [0, 0.1) is 23.0 Å². The van der Waals surface area contributed by atoms with Crippen LogP contribution in [0.3, 0.4) is 0 Å². The highest BCUT2D eigenvalue weighted by Crippen LogP contribution is 2.34. The van der Waals surface area contributed by atoms with Crippen molar-refractivity contribution in [3.63, 3.8) is 0 Å². The number of carbonyl (C=O) groups excluding carboxylic acids is 4. The number of nitrogens with one attached hydrogen (secondary N) is 3. The molecule has 0 spiro atoms. The Bertz CT molecular complexity index is 2980.